The molecule has 1 aromatic carbocycles. The van der Waals surface area contributed by atoms with Crippen LogP contribution in [0.5, 0.6) is 0 Å². The fourth-order valence-electron chi connectivity index (χ4n) is 1.96. The summed E-state index contributed by atoms with van der Waals surface area (Å²) in [4.78, 5) is 4.28. The molecular weight excluding hydrogens is 286 g/mol. The smallest absolute Gasteiger partial charge is 0.216 e. The zero-order valence-corrected chi connectivity index (χ0v) is 12.2. The van der Waals surface area contributed by atoms with Crippen LogP contribution in [0.15, 0.2) is 52.1 Å². The van der Waals surface area contributed by atoms with Gasteiger partial charge in [-0.25, -0.2) is 4.99 Å². The molecule has 2 aromatic rings. The highest BCUT2D eigenvalue weighted by Gasteiger charge is 2.09. The lowest BCUT2D eigenvalue weighted by Gasteiger charge is -2.10. The molecule has 1 aromatic heterocycles. The number of hydrogen-bond acceptors (Lipinski definition) is 4. The van der Waals surface area contributed by atoms with Crippen LogP contribution in [0.3, 0.4) is 0 Å². The van der Waals surface area contributed by atoms with E-state index in [4.69, 9.17) is 21.4 Å². The maximum Gasteiger partial charge on any atom is 0.216 e. The number of thiocarbonyl (C=S) groups is 1. The van der Waals surface area contributed by atoms with Gasteiger partial charge in [0.25, 0.3) is 0 Å². The minimum Gasteiger partial charge on any atom is -0.476 e. The van der Waals surface area contributed by atoms with Crippen molar-refractivity contribution in [2.75, 3.05) is 18.5 Å². The van der Waals surface area contributed by atoms with E-state index in [9.17, 15) is 0 Å². The molecule has 2 N–H and O–H groups in total. The van der Waals surface area contributed by atoms with Crippen molar-refractivity contribution < 1.29 is 9.15 Å². The molecule has 0 saturated heterocycles. The Kier molecular flexibility index (Phi) is 4.16. The first-order valence-corrected chi connectivity index (χ1v) is 7.07. The summed E-state index contributed by atoms with van der Waals surface area (Å²) in [6.07, 6.45) is 1.64. The Morgan fingerprint density at radius 3 is 2.76 bits per heavy atom. The second-order valence-electron chi connectivity index (χ2n) is 4.50. The summed E-state index contributed by atoms with van der Waals surface area (Å²) in [6.45, 7) is 1.95. The lowest BCUT2D eigenvalue weighted by atomic mass is 10.2. The van der Waals surface area contributed by atoms with Crippen LogP contribution in [0.2, 0.25) is 0 Å². The topological polar surface area (TPSA) is 58.8 Å². The summed E-state index contributed by atoms with van der Waals surface area (Å²) in [5.41, 5.74) is 1.89. The van der Waals surface area contributed by atoms with Crippen LogP contribution in [-0.2, 0) is 11.3 Å². The van der Waals surface area contributed by atoms with Crippen molar-refractivity contribution in [3.8, 4) is 0 Å². The number of aliphatic imine (C=N–C) groups is 1. The lowest BCUT2D eigenvalue weighted by Crippen LogP contribution is -2.27. The molecule has 0 bridgehead atoms. The zero-order valence-electron chi connectivity index (χ0n) is 11.3. The summed E-state index contributed by atoms with van der Waals surface area (Å²) in [5.74, 6) is 1.55. The van der Waals surface area contributed by atoms with Crippen LogP contribution < -0.4 is 10.6 Å². The molecule has 21 heavy (non-hydrogen) atoms. The molecule has 0 radical (unpaired) electrons. The third kappa shape index (κ3) is 3.61. The fourth-order valence-corrected chi connectivity index (χ4v) is 2.15. The molecule has 0 saturated carbocycles. The second-order valence-corrected chi connectivity index (χ2v) is 4.91. The number of hydrogen-bond donors (Lipinski definition) is 2. The van der Waals surface area contributed by atoms with E-state index in [1.54, 1.807) is 6.26 Å². The highest BCUT2D eigenvalue weighted by Crippen LogP contribution is 2.13. The van der Waals surface area contributed by atoms with E-state index in [1.807, 2.05) is 36.4 Å². The average molecular weight is 301 g/mol. The van der Waals surface area contributed by atoms with Crippen molar-refractivity contribution in [1.82, 2.24) is 5.32 Å². The normalized spacial score (nSPS) is 13.4. The largest absolute Gasteiger partial charge is 0.476 e. The predicted octanol–water partition coefficient (Wildman–Crippen LogP) is 2.54. The molecule has 0 aliphatic carbocycles. The molecule has 0 atom stereocenters. The van der Waals surface area contributed by atoms with Crippen LogP contribution in [0.4, 0.5) is 5.69 Å². The lowest BCUT2D eigenvalue weighted by molar-refractivity contribution is 0.348. The average Bonchev–Trinajstić information content (AvgIpc) is 3.19. The Bertz CT molecular complexity index is 635. The summed E-state index contributed by atoms with van der Waals surface area (Å²) < 4.78 is 10.7. The first-order valence-electron chi connectivity index (χ1n) is 6.66. The van der Waals surface area contributed by atoms with Gasteiger partial charge >= 0.3 is 0 Å². The monoisotopic (exact) mass is 301 g/mol. The number of ether oxygens (including phenoxy) is 1. The molecule has 2 heterocycles. The van der Waals surface area contributed by atoms with Gasteiger partial charge in [-0.3, -0.25) is 0 Å². The van der Waals surface area contributed by atoms with Crippen LogP contribution in [0, 0.1) is 0 Å². The van der Waals surface area contributed by atoms with Crippen molar-refractivity contribution in [2.24, 2.45) is 4.99 Å². The van der Waals surface area contributed by atoms with Gasteiger partial charge in [0.05, 0.1) is 19.4 Å². The third-order valence-electron chi connectivity index (χ3n) is 2.98. The second kappa shape index (κ2) is 6.41. The number of nitrogens with one attached hydrogen (secondary N) is 2. The highest BCUT2D eigenvalue weighted by atomic mass is 32.1. The number of furan rings is 1. The van der Waals surface area contributed by atoms with E-state index < -0.39 is 0 Å². The van der Waals surface area contributed by atoms with E-state index in [1.165, 1.54) is 0 Å². The molecule has 3 rings (SSSR count). The van der Waals surface area contributed by atoms with Gasteiger partial charge in [-0.15, -0.1) is 0 Å². The minimum absolute atomic E-state index is 0.550. The maximum absolute atomic E-state index is 5.42. The Hall–Kier alpha value is -2.34. The van der Waals surface area contributed by atoms with Crippen molar-refractivity contribution >= 4 is 28.9 Å². The summed E-state index contributed by atoms with van der Waals surface area (Å²) >= 11 is 5.24. The Balaban J connectivity index is 1.53. The Morgan fingerprint density at radius 2 is 2.10 bits per heavy atom. The zero-order chi connectivity index (χ0) is 14.5. The van der Waals surface area contributed by atoms with Gasteiger partial charge in [-0.2, -0.15) is 0 Å². The van der Waals surface area contributed by atoms with Gasteiger partial charge in [0.15, 0.2) is 5.11 Å². The highest BCUT2D eigenvalue weighted by molar-refractivity contribution is 7.80. The van der Waals surface area contributed by atoms with E-state index in [0.717, 1.165) is 23.6 Å². The van der Waals surface area contributed by atoms with Crippen molar-refractivity contribution in [3.05, 3.63) is 54.0 Å². The molecule has 6 heteroatoms. The first-order chi connectivity index (χ1) is 10.3. The molecule has 0 spiro atoms. The van der Waals surface area contributed by atoms with Gasteiger partial charge in [0.2, 0.25) is 5.90 Å². The van der Waals surface area contributed by atoms with Gasteiger partial charge < -0.3 is 19.8 Å². The number of anilines is 1. The summed E-state index contributed by atoms with van der Waals surface area (Å²) in [5, 5.41) is 6.75. The quantitative estimate of drug-likeness (QED) is 0.850. The van der Waals surface area contributed by atoms with Crippen molar-refractivity contribution in [3.63, 3.8) is 0 Å². The fraction of sp³-hybridized carbons (Fsp3) is 0.200. The van der Waals surface area contributed by atoms with E-state index in [0.29, 0.717) is 24.2 Å². The molecule has 0 fully saturated rings. The van der Waals surface area contributed by atoms with E-state index >= 15 is 0 Å². The molecule has 0 unspecified atom stereocenters. The summed E-state index contributed by atoms with van der Waals surface area (Å²) in [7, 11) is 0. The van der Waals surface area contributed by atoms with Crippen LogP contribution in [0.1, 0.15) is 11.3 Å². The maximum atomic E-state index is 5.42. The molecule has 108 valence electrons. The predicted molar refractivity (Wildman–Crippen MR) is 85.6 cm³/mol. The van der Waals surface area contributed by atoms with Crippen LogP contribution in [-0.4, -0.2) is 24.2 Å². The molecular formula is C15H15N3O2S. The van der Waals surface area contributed by atoms with Gasteiger partial charge in [-0.1, -0.05) is 0 Å². The van der Waals surface area contributed by atoms with Crippen LogP contribution >= 0.6 is 12.2 Å². The number of benzene rings is 1. The van der Waals surface area contributed by atoms with Gasteiger partial charge in [0, 0.05) is 11.3 Å². The minimum atomic E-state index is 0.550. The molecule has 1 aliphatic heterocycles. The number of rotatable bonds is 4. The molecule has 5 nitrogen and oxygen atoms in total. The standard InChI is InChI=1S/C15H15N3O2S/c21-15(17-10-13-2-1-8-19-13)18-12-5-3-11(4-6-12)14-16-7-9-20-14/h1-6,8H,7,9-10H2,(H2,17,18,21). The van der Waals surface area contributed by atoms with Gasteiger partial charge in [0.1, 0.15) is 12.4 Å². The van der Waals surface area contributed by atoms with Crippen molar-refractivity contribution in [1.29, 1.82) is 0 Å². The SMILES string of the molecule is S=C(NCc1ccco1)Nc1ccc(C2=NCCO2)cc1. The van der Waals surface area contributed by atoms with Crippen molar-refractivity contribution in [2.45, 2.75) is 6.54 Å². The van der Waals surface area contributed by atoms with Crippen LogP contribution in [0.25, 0.3) is 0 Å². The Morgan fingerprint density at radius 1 is 1.24 bits per heavy atom. The van der Waals surface area contributed by atoms with Gasteiger partial charge in [-0.05, 0) is 48.6 Å². The first kappa shape index (κ1) is 13.6. The molecule has 1 aliphatic rings. The summed E-state index contributed by atoms with van der Waals surface area (Å²) in [6, 6.07) is 11.6. The van der Waals surface area contributed by atoms with E-state index in [-0.39, 0.29) is 0 Å². The molecule has 0 amide bonds. The number of nitrogens with zero attached hydrogens (tertiary/aromatic N) is 1. The van der Waals surface area contributed by atoms with E-state index in [2.05, 4.69) is 15.6 Å². The third-order valence-corrected chi connectivity index (χ3v) is 3.22. The Labute approximate surface area is 128 Å².